The number of nitrogens with zero attached hydrogens (tertiary/aromatic N) is 4. The molecule has 0 radical (unpaired) electrons. The summed E-state index contributed by atoms with van der Waals surface area (Å²) in [6, 6.07) is 10.8. The van der Waals surface area contributed by atoms with E-state index in [1.165, 1.54) is 21.8 Å². The van der Waals surface area contributed by atoms with Crippen molar-refractivity contribution in [2.24, 2.45) is 0 Å². The number of imide groups is 1. The maximum atomic E-state index is 13.3. The number of amides is 4. The molecule has 4 amide bonds. The molecule has 1 aromatic carbocycles. The summed E-state index contributed by atoms with van der Waals surface area (Å²) in [5, 5.41) is 12.8. The second-order valence-corrected chi connectivity index (χ2v) is 9.63. The van der Waals surface area contributed by atoms with Crippen LogP contribution in [0.15, 0.2) is 46.2 Å². The molecular formula is C25H29N5O4S. The summed E-state index contributed by atoms with van der Waals surface area (Å²) in [7, 11) is 0. The lowest BCUT2D eigenvalue weighted by Crippen LogP contribution is -2.44. The van der Waals surface area contributed by atoms with Crippen LogP contribution in [-0.4, -0.2) is 50.9 Å². The lowest BCUT2D eigenvalue weighted by atomic mass is 9.91. The van der Waals surface area contributed by atoms with E-state index in [1.807, 2.05) is 48.7 Å². The summed E-state index contributed by atoms with van der Waals surface area (Å²) in [5.41, 5.74) is 0.630. The molecule has 10 heteroatoms. The van der Waals surface area contributed by atoms with Crippen molar-refractivity contribution in [3.05, 3.63) is 58.8 Å². The number of benzene rings is 1. The van der Waals surface area contributed by atoms with E-state index < -0.39 is 17.5 Å². The third-order valence-corrected chi connectivity index (χ3v) is 6.87. The largest absolute Gasteiger partial charge is 0.418 e. The minimum Gasteiger partial charge on any atom is -0.418 e. The lowest BCUT2D eigenvalue weighted by molar-refractivity contribution is -0.139. The number of aromatic nitrogens is 2. The van der Waals surface area contributed by atoms with Gasteiger partial charge in [0.25, 0.3) is 11.8 Å². The molecule has 1 saturated heterocycles. The van der Waals surface area contributed by atoms with E-state index in [0.29, 0.717) is 30.3 Å². The molecule has 4 rings (SSSR count). The predicted molar refractivity (Wildman–Crippen MR) is 131 cm³/mol. The maximum absolute atomic E-state index is 13.3. The number of hydrogen-bond acceptors (Lipinski definition) is 7. The number of hydrogen-bond donors (Lipinski definition) is 1. The summed E-state index contributed by atoms with van der Waals surface area (Å²) >= 11 is 1.48. The highest BCUT2D eigenvalue weighted by Gasteiger charge is 2.49. The Labute approximate surface area is 208 Å². The number of carbonyl (C=O) groups is 3. The Bertz CT molecular complexity index is 1190. The van der Waals surface area contributed by atoms with Crippen molar-refractivity contribution in [3.8, 4) is 10.8 Å². The number of urea groups is 1. The van der Waals surface area contributed by atoms with Gasteiger partial charge in [0.05, 0.1) is 11.4 Å². The molecule has 9 nitrogen and oxygen atoms in total. The van der Waals surface area contributed by atoms with Gasteiger partial charge in [-0.05, 0) is 42.3 Å². The van der Waals surface area contributed by atoms with Crippen molar-refractivity contribution in [1.82, 2.24) is 25.3 Å². The Morgan fingerprint density at radius 2 is 1.91 bits per heavy atom. The van der Waals surface area contributed by atoms with Crippen LogP contribution in [0.5, 0.6) is 0 Å². The van der Waals surface area contributed by atoms with Crippen molar-refractivity contribution in [2.75, 3.05) is 13.1 Å². The molecule has 3 heterocycles. The van der Waals surface area contributed by atoms with Crippen LogP contribution in [0.1, 0.15) is 50.6 Å². The highest BCUT2D eigenvalue weighted by Crippen LogP contribution is 2.29. The van der Waals surface area contributed by atoms with Gasteiger partial charge in [-0.3, -0.25) is 14.5 Å². The third kappa shape index (κ3) is 5.12. The van der Waals surface area contributed by atoms with E-state index in [0.717, 1.165) is 22.6 Å². The van der Waals surface area contributed by atoms with E-state index in [9.17, 15) is 14.4 Å². The highest BCUT2D eigenvalue weighted by atomic mass is 32.1. The molecule has 184 valence electrons. The second-order valence-electron chi connectivity index (χ2n) is 8.69. The number of aryl methyl sites for hydroxylation is 1. The fourth-order valence-electron chi connectivity index (χ4n) is 4.11. The Kier molecular flexibility index (Phi) is 7.30. The van der Waals surface area contributed by atoms with Crippen LogP contribution in [0, 0.1) is 0 Å². The molecule has 1 aliphatic heterocycles. The zero-order valence-electron chi connectivity index (χ0n) is 20.1. The Balaban J connectivity index is 1.46. The minimum absolute atomic E-state index is 0.102. The van der Waals surface area contributed by atoms with Gasteiger partial charge < -0.3 is 14.6 Å². The number of carbonyl (C=O) groups excluding carboxylic acids is 3. The van der Waals surface area contributed by atoms with Crippen molar-refractivity contribution in [1.29, 1.82) is 0 Å². The second kappa shape index (κ2) is 10.4. The summed E-state index contributed by atoms with van der Waals surface area (Å²) in [5.74, 6) is -0.125. The lowest BCUT2D eigenvalue weighted by Gasteiger charge is -2.24. The maximum Gasteiger partial charge on any atom is 0.325 e. The molecule has 1 fully saturated rings. The van der Waals surface area contributed by atoms with Crippen LogP contribution in [0.4, 0.5) is 4.79 Å². The Morgan fingerprint density at radius 1 is 1.14 bits per heavy atom. The summed E-state index contributed by atoms with van der Waals surface area (Å²) < 4.78 is 5.72. The van der Waals surface area contributed by atoms with Crippen LogP contribution >= 0.6 is 11.3 Å². The highest BCUT2D eigenvalue weighted by molar-refractivity contribution is 7.13. The molecule has 3 aromatic rings. The number of thiophene rings is 1. The monoisotopic (exact) mass is 495 g/mol. The van der Waals surface area contributed by atoms with E-state index in [-0.39, 0.29) is 19.0 Å². The van der Waals surface area contributed by atoms with E-state index in [4.69, 9.17) is 4.42 Å². The van der Waals surface area contributed by atoms with Gasteiger partial charge in [-0.15, -0.1) is 21.5 Å². The molecule has 1 unspecified atom stereocenters. The standard InChI is InChI=1S/C25H29N5O4S/c1-4-7-17-9-11-18(12-10-17)25(3)23(32)30(24(33)26-25)16-21(31)29(13-5-2)15-20-27-28-22(34-20)19-8-6-14-35-19/h6,8-12,14H,4-5,7,13,15-16H2,1-3H3,(H,26,33). The first-order valence-electron chi connectivity index (χ1n) is 11.7. The predicted octanol–water partition coefficient (Wildman–Crippen LogP) is 3.96. The van der Waals surface area contributed by atoms with Crippen molar-refractivity contribution in [3.63, 3.8) is 0 Å². The normalized spacial score (nSPS) is 17.6. The molecule has 1 aliphatic rings. The average molecular weight is 496 g/mol. The van der Waals surface area contributed by atoms with E-state index >= 15 is 0 Å². The van der Waals surface area contributed by atoms with Crippen LogP contribution < -0.4 is 5.32 Å². The summed E-state index contributed by atoms with van der Waals surface area (Å²) in [6.45, 7) is 5.88. The van der Waals surface area contributed by atoms with Crippen LogP contribution in [-0.2, 0) is 28.1 Å². The number of rotatable bonds is 10. The van der Waals surface area contributed by atoms with Crippen molar-refractivity contribution in [2.45, 2.75) is 52.1 Å². The van der Waals surface area contributed by atoms with E-state index in [2.05, 4.69) is 22.4 Å². The quantitative estimate of drug-likeness (QED) is 0.427. The molecule has 0 bridgehead atoms. The molecule has 1 atom stereocenters. The zero-order valence-corrected chi connectivity index (χ0v) is 20.9. The Hall–Kier alpha value is -3.53. The van der Waals surface area contributed by atoms with Crippen molar-refractivity contribution >= 4 is 29.2 Å². The minimum atomic E-state index is -1.22. The van der Waals surface area contributed by atoms with Gasteiger partial charge in [0.1, 0.15) is 12.1 Å². The molecule has 0 spiro atoms. The van der Waals surface area contributed by atoms with E-state index in [1.54, 1.807) is 6.92 Å². The zero-order chi connectivity index (χ0) is 25.0. The molecule has 1 N–H and O–H groups in total. The fourth-order valence-corrected chi connectivity index (χ4v) is 4.75. The fraction of sp³-hybridized carbons (Fsp3) is 0.400. The van der Waals surface area contributed by atoms with Gasteiger partial charge in [0, 0.05) is 6.54 Å². The van der Waals surface area contributed by atoms with Crippen LogP contribution in [0.2, 0.25) is 0 Å². The van der Waals surface area contributed by atoms with Gasteiger partial charge in [-0.25, -0.2) is 4.79 Å². The van der Waals surface area contributed by atoms with Gasteiger partial charge in [0.15, 0.2) is 0 Å². The molecule has 35 heavy (non-hydrogen) atoms. The summed E-state index contributed by atoms with van der Waals surface area (Å²) in [6.07, 6.45) is 2.66. The van der Waals surface area contributed by atoms with Crippen LogP contribution in [0.3, 0.4) is 0 Å². The first-order valence-corrected chi connectivity index (χ1v) is 12.6. The Morgan fingerprint density at radius 3 is 2.57 bits per heavy atom. The summed E-state index contributed by atoms with van der Waals surface area (Å²) in [4.78, 5) is 42.5. The average Bonchev–Trinajstić information content (AvgIpc) is 3.58. The molecule has 0 aliphatic carbocycles. The SMILES string of the molecule is CCCc1ccc(C2(C)NC(=O)N(CC(=O)N(CCC)Cc3nnc(-c4cccs4)o3)C2=O)cc1. The topological polar surface area (TPSA) is 109 Å². The molecule has 0 saturated carbocycles. The smallest absolute Gasteiger partial charge is 0.325 e. The van der Waals surface area contributed by atoms with Gasteiger partial charge in [-0.1, -0.05) is 50.6 Å². The van der Waals surface area contributed by atoms with Gasteiger partial charge in [-0.2, -0.15) is 0 Å². The van der Waals surface area contributed by atoms with Crippen molar-refractivity contribution < 1.29 is 18.8 Å². The molecular weight excluding hydrogens is 466 g/mol. The first kappa shape index (κ1) is 24.6. The number of nitrogens with one attached hydrogen (secondary N) is 1. The third-order valence-electron chi connectivity index (χ3n) is 6.01. The first-order chi connectivity index (χ1) is 16.9. The van der Waals surface area contributed by atoms with Gasteiger partial charge in [0.2, 0.25) is 11.8 Å². The van der Waals surface area contributed by atoms with Gasteiger partial charge >= 0.3 is 6.03 Å². The molecule has 2 aromatic heterocycles. The van der Waals surface area contributed by atoms with Crippen LogP contribution in [0.25, 0.3) is 10.8 Å².